The number of aryl methyl sites for hydroxylation is 4. The second-order valence-electron chi connectivity index (χ2n) is 6.10. The lowest BCUT2D eigenvalue weighted by Gasteiger charge is -2.25. The maximum absolute atomic E-state index is 12.2. The third-order valence-corrected chi connectivity index (χ3v) is 4.49. The van der Waals surface area contributed by atoms with E-state index < -0.39 is 0 Å². The highest BCUT2D eigenvalue weighted by Gasteiger charge is 2.23. The molecular formula is C16H23N5O2. The highest BCUT2D eigenvalue weighted by molar-refractivity contribution is 5.76. The van der Waals surface area contributed by atoms with E-state index in [0.717, 1.165) is 54.5 Å². The van der Waals surface area contributed by atoms with Crippen molar-refractivity contribution in [1.29, 1.82) is 0 Å². The number of hydrogen-bond acceptors (Lipinski definition) is 5. The van der Waals surface area contributed by atoms with Crippen molar-refractivity contribution in [2.24, 2.45) is 0 Å². The summed E-state index contributed by atoms with van der Waals surface area (Å²) in [4.78, 5) is 12.2. The Bertz CT molecular complexity index is 670. The Morgan fingerprint density at radius 1 is 1.39 bits per heavy atom. The van der Waals surface area contributed by atoms with E-state index in [2.05, 4.69) is 32.2 Å². The van der Waals surface area contributed by atoms with Gasteiger partial charge in [-0.1, -0.05) is 12.1 Å². The molecule has 0 saturated heterocycles. The number of fused-ring (bicyclic) bond motifs is 1. The van der Waals surface area contributed by atoms with Gasteiger partial charge in [-0.15, -0.1) is 10.2 Å². The molecule has 2 aromatic heterocycles. The fraction of sp³-hybridized carbons (Fsp3) is 0.625. The first-order valence-corrected chi connectivity index (χ1v) is 8.20. The van der Waals surface area contributed by atoms with Crippen LogP contribution in [0.1, 0.15) is 48.4 Å². The maximum Gasteiger partial charge on any atom is 0.220 e. The van der Waals surface area contributed by atoms with Crippen molar-refractivity contribution >= 4 is 5.91 Å². The largest absolute Gasteiger partial charge is 0.361 e. The standard InChI is InChI=1S/C16H23N5O2/c1-4-14-18-19-15-7-5-12(9-21(14)15)17-16(22)8-6-13-10(2)20-23-11(13)3/h12H,4-9H2,1-3H3,(H,17,22). The predicted octanol–water partition coefficient (Wildman–Crippen LogP) is 1.51. The summed E-state index contributed by atoms with van der Waals surface area (Å²) >= 11 is 0. The fourth-order valence-corrected chi connectivity index (χ4v) is 3.16. The van der Waals surface area contributed by atoms with E-state index in [1.165, 1.54) is 0 Å². The Morgan fingerprint density at radius 3 is 2.91 bits per heavy atom. The van der Waals surface area contributed by atoms with Gasteiger partial charge >= 0.3 is 0 Å². The molecule has 0 aliphatic carbocycles. The van der Waals surface area contributed by atoms with Gasteiger partial charge < -0.3 is 14.4 Å². The second-order valence-corrected chi connectivity index (χ2v) is 6.10. The molecule has 0 aromatic carbocycles. The minimum Gasteiger partial charge on any atom is -0.361 e. The van der Waals surface area contributed by atoms with Crippen molar-refractivity contribution in [3.8, 4) is 0 Å². The monoisotopic (exact) mass is 317 g/mol. The molecule has 1 aliphatic rings. The molecule has 3 heterocycles. The van der Waals surface area contributed by atoms with Crippen molar-refractivity contribution in [3.63, 3.8) is 0 Å². The van der Waals surface area contributed by atoms with E-state index >= 15 is 0 Å². The average Bonchev–Trinajstić information content (AvgIpc) is 3.08. The third-order valence-electron chi connectivity index (χ3n) is 4.49. The molecule has 1 unspecified atom stereocenters. The fourth-order valence-electron chi connectivity index (χ4n) is 3.16. The van der Waals surface area contributed by atoms with Gasteiger partial charge in [0.15, 0.2) is 0 Å². The van der Waals surface area contributed by atoms with E-state index in [1.54, 1.807) is 0 Å². The van der Waals surface area contributed by atoms with Crippen LogP contribution in [-0.4, -0.2) is 31.9 Å². The van der Waals surface area contributed by atoms with Crippen LogP contribution in [0.2, 0.25) is 0 Å². The molecule has 7 nitrogen and oxygen atoms in total. The van der Waals surface area contributed by atoms with Crippen molar-refractivity contribution < 1.29 is 9.32 Å². The molecule has 0 radical (unpaired) electrons. The first kappa shape index (κ1) is 15.7. The molecule has 0 fully saturated rings. The summed E-state index contributed by atoms with van der Waals surface area (Å²) in [5, 5.41) is 15.5. The number of carbonyl (C=O) groups is 1. The van der Waals surface area contributed by atoms with E-state index in [-0.39, 0.29) is 11.9 Å². The van der Waals surface area contributed by atoms with E-state index in [9.17, 15) is 4.79 Å². The molecule has 1 aliphatic heterocycles. The maximum atomic E-state index is 12.2. The number of nitrogens with zero attached hydrogens (tertiary/aromatic N) is 4. The van der Waals surface area contributed by atoms with Gasteiger partial charge in [-0.2, -0.15) is 0 Å². The lowest BCUT2D eigenvalue weighted by molar-refractivity contribution is -0.122. The zero-order valence-electron chi connectivity index (χ0n) is 13.9. The van der Waals surface area contributed by atoms with Crippen LogP contribution in [-0.2, 0) is 30.6 Å². The van der Waals surface area contributed by atoms with E-state index in [1.807, 2.05) is 13.8 Å². The average molecular weight is 317 g/mol. The minimum absolute atomic E-state index is 0.0737. The molecule has 1 atom stereocenters. The number of nitrogens with one attached hydrogen (secondary N) is 1. The normalized spacial score (nSPS) is 17.1. The summed E-state index contributed by atoms with van der Waals surface area (Å²) in [5.74, 6) is 2.90. The van der Waals surface area contributed by atoms with Gasteiger partial charge in [-0.3, -0.25) is 4.79 Å². The van der Waals surface area contributed by atoms with Crippen LogP contribution in [0.3, 0.4) is 0 Å². The predicted molar refractivity (Wildman–Crippen MR) is 83.9 cm³/mol. The summed E-state index contributed by atoms with van der Waals surface area (Å²) < 4.78 is 7.28. The molecule has 1 N–H and O–H groups in total. The Balaban J connectivity index is 1.55. The number of amides is 1. The molecule has 7 heteroatoms. The topological polar surface area (TPSA) is 85.8 Å². The van der Waals surface area contributed by atoms with Crippen molar-refractivity contribution in [2.45, 2.75) is 65.5 Å². The van der Waals surface area contributed by atoms with Crippen LogP contribution in [0.5, 0.6) is 0 Å². The molecule has 0 spiro atoms. The minimum atomic E-state index is 0.0737. The van der Waals surface area contributed by atoms with Gasteiger partial charge in [0, 0.05) is 37.4 Å². The number of carbonyl (C=O) groups excluding carboxylic acids is 1. The molecule has 2 aromatic rings. The van der Waals surface area contributed by atoms with Crippen molar-refractivity contribution in [3.05, 3.63) is 28.7 Å². The third kappa shape index (κ3) is 3.28. The first-order chi connectivity index (χ1) is 11.1. The molecule has 0 saturated carbocycles. The second kappa shape index (κ2) is 6.52. The van der Waals surface area contributed by atoms with E-state index in [4.69, 9.17) is 4.52 Å². The Morgan fingerprint density at radius 2 is 2.22 bits per heavy atom. The van der Waals surface area contributed by atoms with Crippen molar-refractivity contribution in [2.75, 3.05) is 0 Å². The van der Waals surface area contributed by atoms with Gasteiger partial charge in [0.2, 0.25) is 5.91 Å². The summed E-state index contributed by atoms with van der Waals surface area (Å²) in [7, 11) is 0. The van der Waals surface area contributed by atoms with Crippen molar-refractivity contribution in [1.82, 2.24) is 25.2 Å². The van der Waals surface area contributed by atoms with Gasteiger partial charge in [0.05, 0.1) is 5.69 Å². The van der Waals surface area contributed by atoms with E-state index in [0.29, 0.717) is 12.8 Å². The van der Waals surface area contributed by atoms with Crippen LogP contribution in [0, 0.1) is 13.8 Å². The summed E-state index contributed by atoms with van der Waals surface area (Å²) in [5.41, 5.74) is 1.91. The molecular weight excluding hydrogens is 294 g/mol. The van der Waals surface area contributed by atoms with Gasteiger partial charge in [0.1, 0.15) is 17.4 Å². The van der Waals surface area contributed by atoms with Crippen LogP contribution in [0.4, 0.5) is 0 Å². The van der Waals surface area contributed by atoms with Crippen LogP contribution < -0.4 is 5.32 Å². The molecule has 3 rings (SSSR count). The highest BCUT2D eigenvalue weighted by Crippen LogP contribution is 2.17. The first-order valence-electron chi connectivity index (χ1n) is 8.20. The SMILES string of the molecule is CCc1nnc2n1CC(NC(=O)CCc1c(C)noc1C)CC2. The Kier molecular flexibility index (Phi) is 4.45. The van der Waals surface area contributed by atoms with Crippen LogP contribution >= 0.6 is 0 Å². The van der Waals surface area contributed by atoms with Crippen LogP contribution in [0.15, 0.2) is 4.52 Å². The van der Waals surface area contributed by atoms with Gasteiger partial charge in [0.25, 0.3) is 0 Å². The molecule has 124 valence electrons. The molecule has 0 bridgehead atoms. The molecule has 1 amide bonds. The molecule has 23 heavy (non-hydrogen) atoms. The van der Waals surface area contributed by atoms with Crippen LogP contribution in [0.25, 0.3) is 0 Å². The zero-order valence-corrected chi connectivity index (χ0v) is 13.9. The number of aromatic nitrogens is 4. The highest BCUT2D eigenvalue weighted by atomic mass is 16.5. The summed E-state index contributed by atoms with van der Waals surface area (Å²) in [6.45, 7) is 6.63. The zero-order chi connectivity index (χ0) is 16.4. The lowest BCUT2D eigenvalue weighted by atomic mass is 10.1. The number of hydrogen-bond donors (Lipinski definition) is 1. The Hall–Kier alpha value is -2.18. The smallest absolute Gasteiger partial charge is 0.220 e. The Labute approximate surface area is 135 Å². The number of rotatable bonds is 5. The quantitative estimate of drug-likeness (QED) is 0.903. The lowest BCUT2D eigenvalue weighted by Crippen LogP contribution is -2.41. The summed E-state index contributed by atoms with van der Waals surface area (Å²) in [6, 6.07) is 0.154. The van der Waals surface area contributed by atoms with Gasteiger partial charge in [-0.05, 0) is 26.7 Å². The van der Waals surface area contributed by atoms with Gasteiger partial charge in [-0.25, -0.2) is 0 Å². The summed E-state index contributed by atoms with van der Waals surface area (Å²) in [6.07, 6.45) is 3.76.